The number of urea groups is 1. The predicted molar refractivity (Wildman–Crippen MR) is 94.9 cm³/mol. The molecule has 24 heavy (non-hydrogen) atoms. The zero-order valence-corrected chi connectivity index (χ0v) is 15.2. The second kappa shape index (κ2) is 8.49. The van der Waals surface area contributed by atoms with Gasteiger partial charge in [0.1, 0.15) is 0 Å². The van der Waals surface area contributed by atoms with E-state index in [9.17, 15) is 9.90 Å². The number of amides is 2. The van der Waals surface area contributed by atoms with Crippen molar-refractivity contribution < 1.29 is 14.6 Å². The lowest BCUT2D eigenvalue weighted by molar-refractivity contribution is -0.00512. The lowest BCUT2D eigenvalue weighted by atomic mass is 9.93. The van der Waals surface area contributed by atoms with Crippen LogP contribution in [-0.4, -0.2) is 47.9 Å². The van der Waals surface area contributed by atoms with Crippen molar-refractivity contribution in [2.75, 3.05) is 19.8 Å². The Kier molecular flexibility index (Phi) is 6.63. The van der Waals surface area contributed by atoms with Crippen molar-refractivity contribution in [3.8, 4) is 0 Å². The number of ether oxygens (including phenoxy) is 1. The third-order valence-electron chi connectivity index (χ3n) is 4.57. The van der Waals surface area contributed by atoms with E-state index in [1.54, 1.807) is 6.92 Å². The van der Waals surface area contributed by atoms with Crippen molar-refractivity contribution in [1.29, 1.82) is 0 Å². The van der Waals surface area contributed by atoms with Gasteiger partial charge in [-0.3, -0.25) is 0 Å². The number of aliphatic hydroxyl groups excluding tert-OH is 1. The van der Waals surface area contributed by atoms with Crippen LogP contribution >= 0.6 is 0 Å². The first kappa shape index (κ1) is 18.7. The normalized spacial score (nSPS) is 20.8. The Morgan fingerprint density at radius 2 is 2.08 bits per heavy atom. The molecule has 0 spiro atoms. The average Bonchev–Trinajstić information content (AvgIpc) is 2.53. The summed E-state index contributed by atoms with van der Waals surface area (Å²) in [5.41, 5.74) is 2.33. The van der Waals surface area contributed by atoms with Crippen LogP contribution in [0.3, 0.4) is 0 Å². The highest BCUT2D eigenvalue weighted by molar-refractivity contribution is 5.75. The van der Waals surface area contributed by atoms with Crippen molar-refractivity contribution in [3.05, 3.63) is 35.4 Å². The van der Waals surface area contributed by atoms with Crippen molar-refractivity contribution in [2.45, 2.75) is 52.3 Å². The van der Waals surface area contributed by atoms with Crippen LogP contribution in [0.5, 0.6) is 0 Å². The van der Waals surface area contributed by atoms with Crippen molar-refractivity contribution >= 4 is 6.03 Å². The fourth-order valence-electron chi connectivity index (χ4n) is 3.27. The Hall–Kier alpha value is -1.59. The molecule has 2 N–H and O–H groups in total. The summed E-state index contributed by atoms with van der Waals surface area (Å²) in [4.78, 5) is 14.7. The summed E-state index contributed by atoms with van der Waals surface area (Å²) in [5, 5.41) is 12.9. The van der Waals surface area contributed by atoms with E-state index in [4.69, 9.17) is 4.74 Å². The van der Waals surface area contributed by atoms with E-state index in [0.717, 1.165) is 5.56 Å². The van der Waals surface area contributed by atoms with Gasteiger partial charge in [0.2, 0.25) is 0 Å². The van der Waals surface area contributed by atoms with Gasteiger partial charge in [0, 0.05) is 6.54 Å². The first-order chi connectivity index (χ1) is 11.4. The van der Waals surface area contributed by atoms with Gasteiger partial charge in [-0.05, 0) is 37.3 Å². The third kappa shape index (κ3) is 4.71. The maximum absolute atomic E-state index is 12.9. The lowest BCUT2D eigenvalue weighted by Gasteiger charge is -2.38. The van der Waals surface area contributed by atoms with E-state index < -0.39 is 6.10 Å². The van der Waals surface area contributed by atoms with Crippen molar-refractivity contribution in [3.63, 3.8) is 0 Å². The monoisotopic (exact) mass is 334 g/mol. The Balaban J connectivity index is 2.13. The van der Waals surface area contributed by atoms with Gasteiger partial charge < -0.3 is 20.1 Å². The van der Waals surface area contributed by atoms with Crippen LogP contribution in [0.25, 0.3) is 0 Å². The number of carbonyl (C=O) groups is 1. The van der Waals surface area contributed by atoms with Crippen LogP contribution in [0.2, 0.25) is 0 Å². The van der Waals surface area contributed by atoms with Crippen LogP contribution in [0.4, 0.5) is 4.79 Å². The Labute approximate surface area is 145 Å². The Bertz CT molecular complexity index is 545. The van der Waals surface area contributed by atoms with E-state index in [-0.39, 0.29) is 24.0 Å². The fourth-order valence-corrected chi connectivity index (χ4v) is 3.27. The van der Waals surface area contributed by atoms with Gasteiger partial charge in [-0.25, -0.2) is 4.79 Å². The van der Waals surface area contributed by atoms with Gasteiger partial charge in [-0.1, -0.05) is 38.1 Å². The minimum absolute atomic E-state index is 0.0336. The highest BCUT2D eigenvalue weighted by Crippen LogP contribution is 2.25. The van der Waals surface area contributed by atoms with E-state index in [1.807, 2.05) is 17.0 Å². The maximum atomic E-state index is 12.9. The van der Waals surface area contributed by atoms with Crippen LogP contribution < -0.4 is 5.32 Å². The number of hydrogen-bond acceptors (Lipinski definition) is 3. The summed E-state index contributed by atoms with van der Waals surface area (Å²) in [5.74, 6) is 0.284. The molecule has 134 valence electrons. The molecule has 1 saturated heterocycles. The maximum Gasteiger partial charge on any atom is 0.318 e. The standard InChI is InChI=1S/C19H30N2O3/c1-13(2)18(17-8-6-5-7-14(17)3)20-19(23)21-9-10-24-12-16(21)11-15(4)22/h5-8,13,15-16,18,22H,9-12H2,1-4H3,(H,20,23). The number of rotatable bonds is 5. The van der Waals surface area contributed by atoms with Crippen molar-refractivity contribution in [1.82, 2.24) is 10.2 Å². The molecule has 1 aliphatic rings. The number of aliphatic hydroxyl groups is 1. The first-order valence-corrected chi connectivity index (χ1v) is 8.78. The van der Waals surface area contributed by atoms with Gasteiger partial charge in [0.05, 0.1) is 31.4 Å². The van der Waals surface area contributed by atoms with Crippen LogP contribution in [0.15, 0.2) is 24.3 Å². The van der Waals surface area contributed by atoms with E-state index in [1.165, 1.54) is 5.56 Å². The number of aryl methyl sites for hydroxylation is 1. The average molecular weight is 334 g/mol. The van der Waals surface area contributed by atoms with Gasteiger partial charge in [0.25, 0.3) is 0 Å². The molecule has 0 aromatic heterocycles. The molecule has 1 fully saturated rings. The minimum Gasteiger partial charge on any atom is -0.393 e. The zero-order valence-electron chi connectivity index (χ0n) is 15.2. The summed E-state index contributed by atoms with van der Waals surface area (Å²) in [6.45, 7) is 9.63. The van der Waals surface area contributed by atoms with E-state index in [0.29, 0.717) is 26.2 Å². The Morgan fingerprint density at radius 3 is 2.71 bits per heavy atom. The van der Waals surface area contributed by atoms with Crippen LogP contribution in [0, 0.1) is 12.8 Å². The van der Waals surface area contributed by atoms with Crippen LogP contribution in [-0.2, 0) is 4.74 Å². The Morgan fingerprint density at radius 1 is 1.38 bits per heavy atom. The van der Waals surface area contributed by atoms with Crippen LogP contribution in [0.1, 0.15) is 44.4 Å². The molecule has 5 nitrogen and oxygen atoms in total. The van der Waals surface area contributed by atoms with Gasteiger partial charge in [-0.15, -0.1) is 0 Å². The lowest BCUT2D eigenvalue weighted by Crippen LogP contribution is -2.54. The summed E-state index contributed by atoms with van der Waals surface area (Å²) < 4.78 is 5.49. The van der Waals surface area contributed by atoms with Gasteiger partial charge in [-0.2, -0.15) is 0 Å². The van der Waals surface area contributed by atoms with Gasteiger partial charge in [0.15, 0.2) is 0 Å². The summed E-state index contributed by atoms with van der Waals surface area (Å²) in [7, 11) is 0. The number of nitrogens with zero attached hydrogens (tertiary/aromatic N) is 1. The molecule has 1 heterocycles. The first-order valence-electron chi connectivity index (χ1n) is 8.78. The number of carbonyl (C=O) groups excluding carboxylic acids is 1. The minimum atomic E-state index is -0.454. The molecule has 0 saturated carbocycles. The fraction of sp³-hybridized carbons (Fsp3) is 0.632. The number of nitrogens with one attached hydrogen (secondary N) is 1. The quantitative estimate of drug-likeness (QED) is 0.870. The second-order valence-electron chi connectivity index (χ2n) is 7.03. The molecule has 0 bridgehead atoms. The molecule has 3 unspecified atom stereocenters. The molecular formula is C19H30N2O3. The smallest absolute Gasteiger partial charge is 0.318 e. The zero-order chi connectivity index (χ0) is 17.7. The molecule has 1 aliphatic heterocycles. The second-order valence-corrected chi connectivity index (χ2v) is 7.03. The number of benzene rings is 1. The highest BCUT2D eigenvalue weighted by Gasteiger charge is 2.30. The molecule has 1 aromatic carbocycles. The molecule has 1 aromatic rings. The van der Waals surface area contributed by atoms with E-state index in [2.05, 4.69) is 38.2 Å². The molecule has 0 radical (unpaired) electrons. The summed E-state index contributed by atoms with van der Waals surface area (Å²) in [6.07, 6.45) is 0.0775. The third-order valence-corrected chi connectivity index (χ3v) is 4.57. The number of hydrogen-bond donors (Lipinski definition) is 2. The molecule has 0 aliphatic carbocycles. The predicted octanol–water partition coefficient (Wildman–Crippen LogP) is 2.87. The molecule has 2 amide bonds. The largest absolute Gasteiger partial charge is 0.393 e. The molecule has 3 atom stereocenters. The summed E-state index contributed by atoms with van der Waals surface area (Å²) >= 11 is 0. The topological polar surface area (TPSA) is 61.8 Å². The summed E-state index contributed by atoms with van der Waals surface area (Å²) in [6, 6.07) is 7.98. The van der Waals surface area contributed by atoms with Crippen molar-refractivity contribution in [2.24, 2.45) is 5.92 Å². The highest BCUT2D eigenvalue weighted by atomic mass is 16.5. The number of morpholine rings is 1. The SMILES string of the molecule is Cc1ccccc1C(NC(=O)N1CCOCC1CC(C)O)C(C)C. The van der Waals surface area contributed by atoms with E-state index >= 15 is 0 Å². The molecule has 2 rings (SSSR count). The van der Waals surface area contributed by atoms with Gasteiger partial charge >= 0.3 is 6.03 Å². The molecular weight excluding hydrogens is 304 g/mol. The molecule has 5 heteroatoms.